The highest BCUT2D eigenvalue weighted by Crippen LogP contribution is 2.16. The maximum Gasteiger partial charge on any atom is 0.250 e. The Bertz CT molecular complexity index is 747. The van der Waals surface area contributed by atoms with Crippen LogP contribution in [0.4, 0.5) is 0 Å². The summed E-state index contributed by atoms with van der Waals surface area (Å²) in [7, 11) is 0. The highest BCUT2D eigenvalue weighted by atomic mass is 35.5. The first-order chi connectivity index (χ1) is 11.1. The molecular weight excluding hydrogens is 351 g/mol. The Balaban J connectivity index is 1.84. The number of hydrogen-bond acceptors (Lipinski definition) is 2. The van der Waals surface area contributed by atoms with Crippen LogP contribution in [0.1, 0.15) is 11.1 Å². The van der Waals surface area contributed by atoms with Crippen LogP contribution in [0.3, 0.4) is 0 Å². The number of amides is 1. The standard InChI is InChI=1S/C17H14Cl2N2OS/c18-14-7-3-1-5-12(14)9-10-16(22)21-17(23)20-11-13-6-2-4-8-15(13)19/h1-10H,11H2,(H2,20,21,22,23)/b10-9+. The molecule has 0 aliphatic carbocycles. The Morgan fingerprint density at radius 1 is 1.04 bits per heavy atom. The Kier molecular flexibility index (Phi) is 6.59. The van der Waals surface area contributed by atoms with Crippen LogP contribution >= 0.6 is 35.4 Å². The molecule has 0 heterocycles. The molecule has 2 aromatic rings. The third kappa shape index (κ3) is 5.67. The van der Waals surface area contributed by atoms with E-state index in [-0.39, 0.29) is 11.0 Å². The van der Waals surface area contributed by atoms with Gasteiger partial charge in [0.1, 0.15) is 0 Å². The van der Waals surface area contributed by atoms with Gasteiger partial charge in [0, 0.05) is 22.7 Å². The van der Waals surface area contributed by atoms with Gasteiger partial charge in [0.2, 0.25) is 5.91 Å². The molecule has 0 saturated carbocycles. The molecule has 0 spiro atoms. The summed E-state index contributed by atoms with van der Waals surface area (Å²) in [6, 6.07) is 14.7. The van der Waals surface area contributed by atoms with E-state index >= 15 is 0 Å². The van der Waals surface area contributed by atoms with Crippen molar-refractivity contribution in [3.8, 4) is 0 Å². The Labute approximate surface area is 150 Å². The number of carbonyl (C=O) groups excluding carboxylic acids is 1. The quantitative estimate of drug-likeness (QED) is 0.630. The van der Waals surface area contributed by atoms with E-state index in [1.54, 1.807) is 18.2 Å². The largest absolute Gasteiger partial charge is 0.358 e. The molecule has 6 heteroatoms. The van der Waals surface area contributed by atoms with Gasteiger partial charge in [0.15, 0.2) is 5.11 Å². The van der Waals surface area contributed by atoms with E-state index in [0.717, 1.165) is 11.1 Å². The molecule has 3 nitrogen and oxygen atoms in total. The molecular formula is C17H14Cl2N2OS. The van der Waals surface area contributed by atoms with Gasteiger partial charge in [-0.05, 0) is 41.6 Å². The Morgan fingerprint density at radius 3 is 2.39 bits per heavy atom. The maximum absolute atomic E-state index is 11.8. The van der Waals surface area contributed by atoms with Crippen molar-refractivity contribution in [3.63, 3.8) is 0 Å². The average Bonchev–Trinajstić information content (AvgIpc) is 2.53. The van der Waals surface area contributed by atoms with E-state index in [4.69, 9.17) is 35.4 Å². The number of carbonyl (C=O) groups is 1. The minimum Gasteiger partial charge on any atom is -0.358 e. The summed E-state index contributed by atoms with van der Waals surface area (Å²) in [4.78, 5) is 11.8. The topological polar surface area (TPSA) is 41.1 Å². The van der Waals surface area contributed by atoms with Crippen molar-refractivity contribution in [2.45, 2.75) is 6.54 Å². The van der Waals surface area contributed by atoms with Crippen LogP contribution in [0.15, 0.2) is 54.6 Å². The monoisotopic (exact) mass is 364 g/mol. The third-order valence-corrected chi connectivity index (χ3v) is 3.91. The Morgan fingerprint density at radius 2 is 1.70 bits per heavy atom. The van der Waals surface area contributed by atoms with Crippen LogP contribution in [0.2, 0.25) is 10.0 Å². The summed E-state index contributed by atoms with van der Waals surface area (Å²) in [5, 5.41) is 6.96. The predicted molar refractivity (Wildman–Crippen MR) is 99.5 cm³/mol. The van der Waals surface area contributed by atoms with Crippen LogP contribution in [-0.4, -0.2) is 11.0 Å². The lowest BCUT2D eigenvalue weighted by atomic mass is 10.2. The number of benzene rings is 2. The van der Waals surface area contributed by atoms with Gasteiger partial charge < -0.3 is 5.32 Å². The summed E-state index contributed by atoms with van der Waals surface area (Å²) < 4.78 is 0. The first-order valence-corrected chi connectivity index (χ1v) is 7.97. The number of hydrogen-bond donors (Lipinski definition) is 2. The summed E-state index contributed by atoms with van der Waals surface area (Å²) in [6.45, 7) is 0.438. The molecule has 118 valence electrons. The van der Waals surface area contributed by atoms with Gasteiger partial charge in [-0.15, -0.1) is 0 Å². The van der Waals surface area contributed by atoms with Crippen LogP contribution in [0.5, 0.6) is 0 Å². The molecule has 2 aromatic carbocycles. The van der Waals surface area contributed by atoms with Gasteiger partial charge in [-0.2, -0.15) is 0 Å². The van der Waals surface area contributed by atoms with Gasteiger partial charge in [-0.3, -0.25) is 10.1 Å². The van der Waals surface area contributed by atoms with Crippen molar-refractivity contribution in [2.75, 3.05) is 0 Å². The van der Waals surface area contributed by atoms with E-state index in [2.05, 4.69) is 10.6 Å². The van der Waals surface area contributed by atoms with Crippen LogP contribution in [-0.2, 0) is 11.3 Å². The Hall–Kier alpha value is -1.88. The van der Waals surface area contributed by atoms with Crippen molar-refractivity contribution in [2.24, 2.45) is 0 Å². The highest BCUT2D eigenvalue weighted by molar-refractivity contribution is 7.80. The molecule has 2 N–H and O–H groups in total. The van der Waals surface area contributed by atoms with Crippen molar-refractivity contribution in [1.29, 1.82) is 0 Å². The van der Waals surface area contributed by atoms with E-state index in [0.29, 0.717) is 16.6 Å². The fourth-order valence-electron chi connectivity index (χ4n) is 1.79. The molecule has 0 aliphatic rings. The number of nitrogens with one attached hydrogen (secondary N) is 2. The number of rotatable bonds is 4. The van der Waals surface area contributed by atoms with Gasteiger partial charge >= 0.3 is 0 Å². The first-order valence-electron chi connectivity index (χ1n) is 6.81. The van der Waals surface area contributed by atoms with Crippen molar-refractivity contribution >= 4 is 52.5 Å². The lowest BCUT2D eigenvalue weighted by Crippen LogP contribution is -2.38. The van der Waals surface area contributed by atoms with Gasteiger partial charge in [0.05, 0.1) is 0 Å². The number of halogens is 2. The van der Waals surface area contributed by atoms with Crippen molar-refractivity contribution in [1.82, 2.24) is 10.6 Å². The average molecular weight is 365 g/mol. The molecule has 0 radical (unpaired) electrons. The van der Waals surface area contributed by atoms with Crippen LogP contribution in [0, 0.1) is 0 Å². The lowest BCUT2D eigenvalue weighted by molar-refractivity contribution is -0.115. The normalized spacial score (nSPS) is 10.5. The fraction of sp³-hybridized carbons (Fsp3) is 0.0588. The summed E-state index contributed by atoms with van der Waals surface area (Å²) in [6.07, 6.45) is 3.01. The molecule has 0 fully saturated rings. The molecule has 1 amide bonds. The zero-order valence-corrected chi connectivity index (χ0v) is 14.4. The van der Waals surface area contributed by atoms with Crippen molar-refractivity contribution < 1.29 is 4.79 Å². The molecule has 23 heavy (non-hydrogen) atoms. The van der Waals surface area contributed by atoms with Crippen LogP contribution < -0.4 is 10.6 Å². The third-order valence-electron chi connectivity index (χ3n) is 2.95. The molecule has 0 bridgehead atoms. The fourth-order valence-corrected chi connectivity index (χ4v) is 2.36. The second-order valence-corrected chi connectivity index (χ2v) is 5.84. The minimum absolute atomic E-state index is 0.235. The van der Waals surface area contributed by atoms with E-state index in [9.17, 15) is 4.79 Å². The molecule has 2 rings (SSSR count). The summed E-state index contributed by atoms with van der Waals surface area (Å²) >= 11 is 17.1. The van der Waals surface area contributed by atoms with Crippen LogP contribution in [0.25, 0.3) is 6.08 Å². The van der Waals surface area contributed by atoms with Gasteiger partial charge in [-0.25, -0.2) is 0 Å². The number of thiocarbonyl (C=S) groups is 1. The van der Waals surface area contributed by atoms with E-state index in [1.165, 1.54) is 6.08 Å². The van der Waals surface area contributed by atoms with E-state index in [1.807, 2.05) is 36.4 Å². The van der Waals surface area contributed by atoms with Gasteiger partial charge in [0.25, 0.3) is 0 Å². The minimum atomic E-state index is -0.332. The second kappa shape index (κ2) is 8.67. The predicted octanol–water partition coefficient (Wildman–Crippen LogP) is 4.20. The highest BCUT2D eigenvalue weighted by Gasteiger charge is 2.03. The molecule has 0 aliphatic heterocycles. The van der Waals surface area contributed by atoms with Crippen molar-refractivity contribution in [3.05, 3.63) is 75.8 Å². The molecule has 0 aromatic heterocycles. The lowest BCUT2D eigenvalue weighted by Gasteiger charge is -2.09. The van der Waals surface area contributed by atoms with E-state index < -0.39 is 0 Å². The SMILES string of the molecule is O=C(/C=C/c1ccccc1Cl)NC(=S)NCc1ccccc1Cl. The zero-order chi connectivity index (χ0) is 16.7. The summed E-state index contributed by atoms with van der Waals surface area (Å²) in [5.41, 5.74) is 1.66. The molecule has 0 atom stereocenters. The smallest absolute Gasteiger partial charge is 0.250 e. The molecule has 0 saturated heterocycles. The summed E-state index contributed by atoms with van der Waals surface area (Å²) in [5.74, 6) is -0.332. The molecule has 0 unspecified atom stereocenters. The maximum atomic E-state index is 11.8. The first kappa shape index (κ1) is 17.5. The zero-order valence-electron chi connectivity index (χ0n) is 12.1. The van der Waals surface area contributed by atoms with Gasteiger partial charge in [-0.1, -0.05) is 59.6 Å². The second-order valence-electron chi connectivity index (χ2n) is 4.62.